The summed E-state index contributed by atoms with van der Waals surface area (Å²) in [6.07, 6.45) is 2.16. The molecule has 0 aliphatic heterocycles. The molecule has 0 aromatic heterocycles. The summed E-state index contributed by atoms with van der Waals surface area (Å²) in [7, 11) is 1.68. The molecule has 1 fully saturated rings. The predicted molar refractivity (Wildman–Crippen MR) is 99.1 cm³/mol. The Bertz CT molecular complexity index is 688. The second-order valence-electron chi connectivity index (χ2n) is 6.64. The molecule has 0 bridgehead atoms. The Morgan fingerprint density at radius 1 is 1.04 bits per heavy atom. The number of ether oxygens (including phenoxy) is 2. The topological polar surface area (TPSA) is 50.7 Å². The van der Waals surface area contributed by atoms with Crippen LogP contribution in [0.5, 0.6) is 11.5 Å². The van der Waals surface area contributed by atoms with Crippen molar-refractivity contribution < 1.29 is 14.6 Å². The molecule has 4 heteroatoms. The molecule has 1 saturated carbocycles. The lowest BCUT2D eigenvalue weighted by molar-refractivity contribution is -0.0160. The highest BCUT2D eigenvalue weighted by Gasteiger charge is 2.33. The van der Waals surface area contributed by atoms with Crippen molar-refractivity contribution in [3.8, 4) is 11.5 Å². The third kappa shape index (κ3) is 4.33. The van der Waals surface area contributed by atoms with Crippen LogP contribution in [-0.2, 0) is 6.54 Å². The highest BCUT2D eigenvalue weighted by Crippen LogP contribution is 2.27. The van der Waals surface area contributed by atoms with Crippen LogP contribution in [0.3, 0.4) is 0 Å². The summed E-state index contributed by atoms with van der Waals surface area (Å²) in [5.41, 5.74) is 2.19. The van der Waals surface area contributed by atoms with Crippen LogP contribution < -0.4 is 14.8 Å². The molecule has 4 nitrogen and oxygen atoms in total. The number of methoxy groups -OCH3 is 1. The summed E-state index contributed by atoms with van der Waals surface area (Å²) in [5, 5.41) is 14.2. The highest BCUT2D eigenvalue weighted by atomic mass is 16.5. The zero-order valence-electron chi connectivity index (χ0n) is 14.9. The van der Waals surface area contributed by atoms with Crippen LogP contribution in [-0.4, -0.2) is 30.5 Å². The molecule has 0 unspecified atom stereocenters. The van der Waals surface area contributed by atoms with E-state index in [0.29, 0.717) is 6.54 Å². The summed E-state index contributed by atoms with van der Waals surface area (Å²) in [5.74, 6) is 1.73. The summed E-state index contributed by atoms with van der Waals surface area (Å²) in [6, 6.07) is 15.9. The van der Waals surface area contributed by atoms with Gasteiger partial charge in [-0.3, -0.25) is 0 Å². The van der Waals surface area contributed by atoms with Crippen molar-refractivity contribution in [2.75, 3.05) is 7.11 Å². The van der Waals surface area contributed by atoms with Crippen molar-refractivity contribution in [1.82, 2.24) is 5.32 Å². The van der Waals surface area contributed by atoms with Gasteiger partial charge in [-0.25, -0.2) is 0 Å². The van der Waals surface area contributed by atoms with E-state index in [0.717, 1.165) is 41.9 Å². The molecular formula is C21H27NO3. The maximum Gasteiger partial charge on any atom is 0.126 e. The molecule has 3 rings (SSSR count). The Labute approximate surface area is 149 Å². The van der Waals surface area contributed by atoms with Crippen molar-refractivity contribution in [3.05, 3.63) is 59.7 Å². The van der Waals surface area contributed by atoms with Crippen LogP contribution in [0, 0.1) is 6.92 Å². The van der Waals surface area contributed by atoms with E-state index < -0.39 is 6.10 Å². The fraction of sp³-hybridized carbons (Fsp3) is 0.429. The number of aliphatic hydroxyl groups excluding tert-OH is 1. The van der Waals surface area contributed by atoms with Crippen LogP contribution in [0.25, 0.3) is 0 Å². The lowest BCUT2D eigenvalue weighted by Crippen LogP contribution is -2.51. The maximum absolute atomic E-state index is 10.8. The Morgan fingerprint density at radius 3 is 2.52 bits per heavy atom. The first-order chi connectivity index (χ1) is 12.2. The lowest BCUT2D eigenvalue weighted by Gasteiger charge is -2.35. The summed E-state index contributed by atoms with van der Waals surface area (Å²) in [6.45, 7) is 2.70. The minimum atomic E-state index is -0.525. The van der Waals surface area contributed by atoms with E-state index in [-0.39, 0.29) is 12.1 Å². The SMILES string of the molecule is COc1ccccc1CN[C@H]1CCC[C@@H](Oc2ccccc2C)[C@@H]1O. The van der Waals surface area contributed by atoms with Gasteiger partial charge in [-0.1, -0.05) is 36.4 Å². The van der Waals surface area contributed by atoms with E-state index in [1.165, 1.54) is 0 Å². The fourth-order valence-electron chi connectivity index (χ4n) is 3.43. The Hall–Kier alpha value is -2.04. The van der Waals surface area contributed by atoms with Crippen molar-refractivity contribution in [2.24, 2.45) is 0 Å². The first-order valence-corrected chi connectivity index (χ1v) is 8.94. The Kier molecular flexibility index (Phi) is 5.95. The Balaban J connectivity index is 1.62. The van der Waals surface area contributed by atoms with Gasteiger partial charge < -0.3 is 19.9 Å². The third-order valence-corrected chi connectivity index (χ3v) is 4.92. The number of para-hydroxylation sites is 2. The van der Waals surface area contributed by atoms with Crippen LogP contribution >= 0.6 is 0 Å². The van der Waals surface area contributed by atoms with E-state index >= 15 is 0 Å². The van der Waals surface area contributed by atoms with E-state index in [9.17, 15) is 5.11 Å². The molecule has 25 heavy (non-hydrogen) atoms. The second-order valence-corrected chi connectivity index (χ2v) is 6.64. The third-order valence-electron chi connectivity index (χ3n) is 4.92. The molecule has 1 aliphatic carbocycles. The van der Waals surface area contributed by atoms with E-state index in [1.807, 2.05) is 55.5 Å². The molecule has 2 aromatic rings. The van der Waals surface area contributed by atoms with Gasteiger partial charge in [-0.15, -0.1) is 0 Å². The maximum atomic E-state index is 10.8. The summed E-state index contributed by atoms with van der Waals surface area (Å²) in [4.78, 5) is 0. The number of hydrogen-bond donors (Lipinski definition) is 2. The zero-order chi connectivity index (χ0) is 17.6. The molecular weight excluding hydrogens is 314 g/mol. The summed E-state index contributed by atoms with van der Waals surface area (Å²) < 4.78 is 11.5. The number of benzene rings is 2. The average molecular weight is 341 g/mol. The fourth-order valence-corrected chi connectivity index (χ4v) is 3.43. The van der Waals surface area contributed by atoms with E-state index in [2.05, 4.69) is 5.32 Å². The van der Waals surface area contributed by atoms with Crippen molar-refractivity contribution >= 4 is 0 Å². The quantitative estimate of drug-likeness (QED) is 0.845. The van der Waals surface area contributed by atoms with Crippen LogP contribution in [0.4, 0.5) is 0 Å². The number of aryl methyl sites for hydroxylation is 1. The van der Waals surface area contributed by atoms with Gasteiger partial charge in [0.15, 0.2) is 0 Å². The number of aliphatic hydroxyl groups is 1. The van der Waals surface area contributed by atoms with Crippen molar-refractivity contribution in [1.29, 1.82) is 0 Å². The number of nitrogens with one attached hydrogen (secondary N) is 1. The summed E-state index contributed by atoms with van der Waals surface area (Å²) >= 11 is 0. The van der Waals surface area contributed by atoms with Gasteiger partial charge in [0.25, 0.3) is 0 Å². The first-order valence-electron chi connectivity index (χ1n) is 8.94. The van der Waals surface area contributed by atoms with E-state index in [1.54, 1.807) is 7.11 Å². The van der Waals surface area contributed by atoms with Crippen LogP contribution in [0.2, 0.25) is 0 Å². The molecule has 134 valence electrons. The predicted octanol–water partition coefficient (Wildman–Crippen LogP) is 3.45. The van der Waals surface area contributed by atoms with Gasteiger partial charge in [0, 0.05) is 18.2 Å². The van der Waals surface area contributed by atoms with Gasteiger partial charge in [0.05, 0.1) is 7.11 Å². The molecule has 0 spiro atoms. The standard InChI is InChI=1S/C21H27NO3/c1-15-8-3-5-11-18(15)25-20-13-7-10-17(21(20)23)22-14-16-9-4-6-12-19(16)24-2/h3-6,8-9,11-12,17,20-23H,7,10,13-14H2,1-2H3/t17-,20+,21+/m0/s1. The first kappa shape index (κ1) is 17.8. The van der Waals surface area contributed by atoms with E-state index in [4.69, 9.17) is 9.47 Å². The zero-order valence-corrected chi connectivity index (χ0v) is 14.9. The normalized spacial score (nSPS) is 23.2. The molecule has 2 N–H and O–H groups in total. The molecule has 3 atom stereocenters. The monoisotopic (exact) mass is 341 g/mol. The number of rotatable bonds is 6. The average Bonchev–Trinajstić information content (AvgIpc) is 2.64. The van der Waals surface area contributed by atoms with Gasteiger partial charge in [-0.05, 0) is 43.9 Å². The molecule has 2 aromatic carbocycles. The highest BCUT2D eigenvalue weighted by molar-refractivity contribution is 5.33. The number of hydrogen-bond acceptors (Lipinski definition) is 4. The Morgan fingerprint density at radius 2 is 1.76 bits per heavy atom. The van der Waals surface area contributed by atoms with Crippen LogP contribution in [0.15, 0.2) is 48.5 Å². The van der Waals surface area contributed by atoms with Gasteiger partial charge in [-0.2, -0.15) is 0 Å². The van der Waals surface area contributed by atoms with Gasteiger partial charge in [0.2, 0.25) is 0 Å². The minimum Gasteiger partial charge on any atom is -0.496 e. The minimum absolute atomic E-state index is 0.0210. The molecule has 0 heterocycles. The van der Waals surface area contributed by atoms with Gasteiger partial charge in [0.1, 0.15) is 23.7 Å². The molecule has 0 saturated heterocycles. The smallest absolute Gasteiger partial charge is 0.126 e. The second kappa shape index (κ2) is 8.37. The largest absolute Gasteiger partial charge is 0.496 e. The van der Waals surface area contributed by atoms with Crippen molar-refractivity contribution in [2.45, 2.75) is 51.0 Å². The molecule has 0 amide bonds. The van der Waals surface area contributed by atoms with Crippen LogP contribution in [0.1, 0.15) is 30.4 Å². The van der Waals surface area contributed by atoms with Crippen molar-refractivity contribution in [3.63, 3.8) is 0 Å². The molecule has 1 aliphatic rings. The lowest BCUT2D eigenvalue weighted by atomic mass is 9.89. The van der Waals surface area contributed by atoms with Gasteiger partial charge >= 0.3 is 0 Å². The molecule has 0 radical (unpaired) electrons.